The highest BCUT2D eigenvalue weighted by Crippen LogP contribution is 2.35. The van der Waals surface area contributed by atoms with E-state index >= 15 is 4.39 Å². The molecule has 3 N–H and O–H groups in total. The van der Waals surface area contributed by atoms with Gasteiger partial charge in [0, 0.05) is 5.92 Å². The molecule has 11 nitrogen and oxygen atoms in total. The van der Waals surface area contributed by atoms with Crippen molar-refractivity contribution in [3.05, 3.63) is 52.6 Å². The van der Waals surface area contributed by atoms with Crippen LogP contribution in [0.4, 0.5) is 10.3 Å². The van der Waals surface area contributed by atoms with E-state index in [1.807, 2.05) is 0 Å². The lowest BCUT2D eigenvalue weighted by atomic mass is 10.1. The van der Waals surface area contributed by atoms with E-state index < -0.39 is 42.7 Å². The van der Waals surface area contributed by atoms with Crippen molar-refractivity contribution in [1.82, 2.24) is 19.5 Å². The van der Waals surface area contributed by atoms with Crippen molar-refractivity contribution in [2.24, 2.45) is 5.92 Å². The SMILES string of the molecule is CC(C)C(=O)Nc1nc2c(ncn2[C@@H]2O[C@H](CO)[C@@H](OC(=O)c3ccccc3)[C@H]2F)c(=O)[nH]1. The van der Waals surface area contributed by atoms with Crippen molar-refractivity contribution in [2.75, 3.05) is 11.9 Å². The predicted octanol–water partition coefficient (Wildman–Crippen LogP) is 1.17. The fraction of sp³-hybridized carbons (Fsp3) is 0.381. The average Bonchev–Trinajstić information content (AvgIpc) is 3.35. The second kappa shape index (κ2) is 9.08. The quantitative estimate of drug-likeness (QED) is 0.465. The van der Waals surface area contributed by atoms with Crippen LogP contribution in [0, 0.1) is 5.92 Å². The number of aromatic nitrogens is 4. The van der Waals surface area contributed by atoms with Crippen molar-refractivity contribution < 1.29 is 28.6 Å². The zero-order chi connectivity index (χ0) is 23.7. The molecule has 1 saturated heterocycles. The minimum absolute atomic E-state index is 0.0443. The van der Waals surface area contributed by atoms with Crippen LogP contribution in [0.2, 0.25) is 0 Å². The first-order valence-corrected chi connectivity index (χ1v) is 10.2. The Balaban J connectivity index is 1.63. The topological polar surface area (TPSA) is 148 Å². The summed E-state index contributed by atoms with van der Waals surface area (Å²) in [6.07, 6.45) is -4.69. The van der Waals surface area contributed by atoms with Crippen molar-refractivity contribution in [3.8, 4) is 0 Å². The van der Waals surface area contributed by atoms with Crippen molar-refractivity contribution in [3.63, 3.8) is 0 Å². The predicted molar refractivity (Wildman–Crippen MR) is 113 cm³/mol. The molecule has 174 valence electrons. The zero-order valence-electron chi connectivity index (χ0n) is 17.8. The monoisotopic (exact) mass is 459 g/mol. The number of nitrogens with zero attached hydrogens (tertiary/aromatic N) is 3. The summed E-state index contributed by atoms with van der Waals surface area (Å²) in [5, 5.41) is 12.2. The van der Waals surface area contributed by atoms with E-state index in [0.29, 0.717) is 0 Å². The Hall–Kier alpha value is -3.64. The normalized spacial score (nSPS) is 22.6. The third kappa shape index (κ3) is 4.34. The van der Waals surface area contributed by atoms with Gasteiger partial charge in [-0.15, -0.1) is 0 Å². The molecule has 0 bridgehead atoms. The van der Waals surface area contributed by atoms with Gasteiger partial charge in [-0.25, -0.2) is 14.2 Å². The number of aliphatic hydroxyl groups is 1. The average molecular weight is 459 g/mol. The summed E-state index contributed by atoms with van der Waals surface area (Å²) < 4.78 is 27.5. The summed E-state index contributed by atoms with van der Waals surface area (Å²) in [4.78, 5) is 47.3. The van der Waals surface area contributed by atoms with Crippen molar-refractivity contribution in [2.45, 2.75) is 38.5 Å². The van der Waals surface area contributed by atoms with Gasteiger partial charge in [-0.3, -0.25) is 24.5 Å². The van der Waals surface area contributed by atoms with Crippen LogP contribution >= 0.6 is 0 Å². The van der Waals surface area contributed by atoms with Gasteiger partial charge in [0.25, 0.3) is 5.56 Å². The molecule has 0 unspecified atom stereocenters. The zero-order valence-corrected chi connectivity index (χ0v) is 17.8. The Bertz CT molecular complexity index is 1230. The molecule has 1 fully saturated rings. The lowest BCUT2D eigenvalue weighted by Gasteiger charge is -2.18. The third-order valence-electron chi connectivity index (χ3n) is 5.17. The van der Waals surface area contributed by atoms with E-state index in [4.69, 9.17) is 9.47 Å². The summed E-state index contributed by atoms with van der Waals surface area (Å²) >= 11 is 0. The lowest BCUT2D eigenvalue weighted by molar-refractivity contribution is -0.118. The molecule has 33 heavy (non-hydrogen) atoms. The fourth-order valence-electron chi connectivity index (χ4n) is 3.40. The molecule has 0 saturated carbocycles. The van der Waals surface area contributed by atoms with Gasteiger partial charge in [-0.2, -0.15) is 4.98 Å². The Morgan fingerprint density at radius 1 is 1.33 bits per heavy atom. The second-order valence-corrected chi connectivity index (χ2v) is 7.81. The molecule has 2 aromatic heterocycles. The molecule has 4 atom stereocenters. The molecule has 3 aromatic rings. The van der Waals surface area contributed by atoms with Crippen LogP contribution in [0.25, 0.3) is 11.2 Å². The highest BCUT2D eigenvalue weighted by atomic mass is 19.1. The number of rotatable bonds is 6. The molecule has 1 aliphatic heterocycles. The second-order valence-electron chi connectivity index (χ2n) is 7.81. The van der Waals surface area contributed by atoms with E-state index in [9.17, 15) is 19.5 Å². The summed E-state index contributed by atoms with van der Waals surface area (Å²) in [7, 11) is 0. The van der Waals surface area contributed by atoms with Crippen LogP contribution in [0.3, 0.4) is 0 Å². The number of H-pyrrole nitrogens is 1. The number of amides is 1. The highest BCUT2D eigenvalue weighted by Gasteiger charge is 2.49. The van der Waals surface area contributed by atoms with Gasteiger partial charge < -0.3 is 14.6 Å². The maximum atomic E-state index is 15.4. The van der Waals surface area contributed by atoms with Gasteiger partial charge in [0.15, 0.2) is 29.7 Å². The molecule has 12 heteroatoms. The fourth-order valence-corrected chi connectivity index (χ4v) is 3.40. The number of esters is 1. The van der Waals surface area contributed by atoms with E-state index in [0.717, 1.165) is 6.33 Å². The number of fused-ring (bicyclic) bond motifs is 1. The molecule has 0 spiro atoms. The number of aliphatic hydroxyl groups excluding tert-OH is 1. The summed E-state index contributed by atoms with van der Waals surface area (Å²) in [5.74, 6) is -1.64. The molecular weight excluding hydrogens is 437 g/mol. The molecule has 0 aliphatic carbocycles. The van der Waals surface area contributed by atoms with Crippen molar-refractivity contribution >= 4 is 29.0 Å². The molecule has 1 aromatic carbocycles. The van der Waals surface area contributed by atoms with Crippen LogP contribution in [-0.4, -0.2) is 61.5 Å². The van der Waals surface area contributed by atoms with Gasteiger partial charge in [-0.05, 0) is 12.1 Å². The number of imidazole rings is 1. The summed E-state index contributed by atoms with van der Waals surface area (Å²) in [5.41, 5.74) is -0.565. The number of benzene rings is 1. The number of alkyl halides is 1. The number of aromatic amines is 1. The van der Waals surface area contributed by atoms with Crippen LogP contribution in [-0.2, 0) is 14.3 Å². The van der Waals surface area contributed by atoms with Gasteiger partial charge in [0.1, 0.15) is 6.10 Å². The largest absolute Gasteiger partial charge is 0.453 e. The highest BCUT2D eigenvalue weighted by molar-refractivity contribution is 5.91. The van der Waals surface area contributed by atoms with Crippen molar-refractivity contribution in [1.29, 1.82) is 0 Å². The number of halogens is 1. The number of carbonyl (C=O) groups is 2. The number of hydrogen-bond donors (Lipinski definition) is 3. The van der Waals surface area contributed by atoms with Gasteiger partial charge in [-0.1, -0.05) is 32.0 Å². The van der Waals surface area contributed by atoms with E-state index in [1.54, 1.807) is 32.0 Å². The maximum absolute atomic E-state index is 15.4. The third-order valence-corrected chi connectivity index (χ3v) is 5.17. The molecule has 4 rings (SSSR count). The van der Waals surface area contributed by atoms with Crippen LogP contribution in [0.5, 0.6) is 0 Å². The summed E-state index contributed by atoms with van der Waals surface area (Å²) in [6, 6.07) is 8.03. The first-order valence-electron chi connectivity index (χ1n) is 10.2. The van der Waals surface area contributed by atoms with Crippen LogP contribution < -0.4 is 10.9 Å². The first kappa shape index (κ1) is 22.6. The van der Waals surface area contributed by atoms with E-state index in [-0.39, 0.29) is 34.5 Å². The molecule has 1 amide bonds. The summed E-state index contributed by atoms with van der Waals surface area (Å²) in [6.45, 7) is 2.73. The Labute approximate surface area is 186 Å². The molecule has 1 aliphatic rings. The Kier molecular flexibility index (Phi) is 6.20. The number of nitrogens with one attached hydrogen (secondary N) is 2. The minimum Gasteiger partial charge on any atom is -0.453 e. The standard InChI is InChI=1S/C21H22FN5O6/c1-10(2)17(29)25-21-24-16-14(18(30)26-21)23-9-27(16)19-13(22)15(12(8-28)32-19)33-20(31)11-6-4-3-5-7-11/h3-7,9-10,12-13,15,19,28H,8H2,1-2H3,(H2,24,25,26,29,30)/t12-,13-,15-,19-/m1/s1. The minimum atomic E-state index is -1.90. The maximum Gasteiger partial charge on any atom is 0.338 e. The van der Waals surface area contributed by atoms with Crippen LogP contribution in [0.1, 0.15) is 30.4 Å². The van der Waals surface area contributed by atoms with Gasteiger partial charge >= 0.3 is 5.97 Å². The molecular formula is C21H22FN5O6. The smallest absolute Gasteiger partial charge is 0.338 e. The Morgan fingerprint density at radius 3 is 2.73 bits per heavy atom. The number of hydrogen-bond acceptors (Lipinski definition) is 8. The Morgan fingerprint density at radius 2 is 2.06 bits per heavy atom. The number of anilines is 1. The first-order chi connectivity index (χ1) is 15.8. The van der Waals surface area contributed by atoms with Gasteiger partial charge in [0.05, 0.1) is 18.5 Å². The number of carbonyl (C=O) groups excluding carboxylic acids is 2. The molecule has 3 heterocycles. The van der Waals surface area contributed by atoms with E-state index in [2.05, 4.69) is 20.3 Å². The molecule has 0 radical (unpaired) electrons. The number of ether oxygens (including phenoxy) is 2. The lowest BCUT2D eigenvalue weighted by Crippen LogP contribution is -2.35. The van der Waals surface area contributed by atoms with E-state index in [1.165, 1.54) is 16.7 Å². The van der Waals surface area contributed by atoms with Gasteiger partial charge in [0.2, 0.25) is 11.9 Å². The van der Waals surface area contributed by atoms with Crippen LogP contribution in [0.15, 0.2) is 41.5 Å².